The van der Waals surface area contributed by atoms with Gasteiger partial charge in [-0.05, 0) is 32.8 Å². The number of rotatable bonds is 3. The number of carbonyl (C=O) groups is 3. The number of piperidine rings is 1. The highest BCUT2D eigenvalue weighted by Gasteiger charge is 2.44. The Kier molecular flexibility index (Phi) is 5.90. The number of carboxylic acid groups (broad SMARTS) is 1. The average molecular weight is 362 g/mol. The molecule has 1 aromatic rings. The Morgan fingerprint density at radius 3 is 2.42 bits per heavy atom. The number of hydrogen-bond donors (Lipinski definition) is 2. The third-order valence-electron chi connectivity index (χ3n) is 4.25. The Labute approximate surface area is 153 Å². The fourth-order valence-electron chi connectivity index (χ4n) is 3.10. The first kappa shape index (κ1) is 19.8. The molecule has 0 radical (unpaired) electrons. The number of ether oxygens (including phenoxy) is 1. The van der Waals surface area contributed by atoms with Crippen LogP contribution in [0.25, 0.3) is 0 Å². The molecule has 26 heavy (non-hydrogen) atoms. The lowest BCUT2D eigenvalue weighted by Gasteiger charge is -2.41. The molecule has 0 spiro atoms. The largest absolute Gasteiger partial charge is 0.465 e. The van der Waals surface area contributed by atoms with Crippen LogP contribution < -0.4 is 5.32 Å². The van der Waals surface area contributed by atoms with Gasteiger partial charge in [-0.2, -0.15) is 0 Å². The zero-order valence-corrected chi connectivity index (χ0v) is 15.6. The highest BCUT2D eigenvalue weighted by atomic mass is 16.6. The molecule has 2 N–H and O–H groups in total. The van der Waals surface area contributed by atoms with Crippen molar-refractivity contribution in [3.63, 3.8) is 0 Å². The number of nitrogens with zero attached hydrogens (tertiary/aromatic N) is 1. The van der Waals surface area contributed by atoms with Crippen molar-refractivity contribution in [2.24, 2.45) is 5.92 Å². The average Bonchev–Trinajstić information content (AvgIpc) is 2.53. The van der Waals surface area contributed by atoms with Crippen molar-refractivity contribution >= 4 is 18.0 Å². The van der Waals surface area contributed by atoms with Gasteiger partial charge in [-0.25, -0.2) is 9.59 Å². The zero-order chi connectivity index (χ0) is 19.5. The summed E-state index contributed by atoms with van der Waals surface area (Å²) in [5.41, 5.74) is 0.177. The molecule has 7 nitrogen and oxygen atoms in total. The molecule has 3 atom stereocenters. The molecule has 0 saturated carbocycles. The maximum absolute atomic E-state index is 12.7. The topological polar surface area (TPSA) is 95.9 Å². The van der Waals surface area contributed by atoms with E-state index in [2.05, 4.69) is 5.32 Å². The molecule has 0 aliphatic carbocycles. The lowest BCUT2D eigenvalue weighted by atomic mass is 9.85. The van der Waals surface area contributed by atoms with E-state index in [1.165, 1.54) is 4.90 Å². The molecule has 2 amide bonds. The van der Waals surface area contributed by atoms with Crippen LogP contribution in [-0.2, 0) is 16.0 Å². The normalized spacial score (nSPS) is 23.5. The van der Waals surface area contributed by atoms with Crippen molar-refractivity contribution in [3.8, 4) is 0 Å². The second-order valence-electron chi connectivity index (χ2n) is 7.62. The van der Waals surface area contributed by atoms with Crippen LogP contribution in [0.4, 0.5) is 9.59 Å². The van der Waals surface area contributed by atoms with Crippen molar-refractivity contribution in [1.29, 1.82) is 0 Å². The minimum absolute atomic E-state index is 0.109. The summed E-state index contributed by atoms with van der Waals surface area (Å²) in [7, 11) is 0. The van der Waals surface area contributed by atoms with Gasteiger partial charge in [-0.15, -0.1) is 0 Å². The van der Waals surface area contributed by atoms with Crippen LogP contribution >= 0.6 is 0 Å². The summed E-state index contributed by atoms with van der Waals surface area (Å²) >= 11 is 0. The van der Waals surface area contributed by atoms with Gasteiger partial charge in [0.2, 0.25) is 0 Å². The highest BCUT2D eigenvalue weighted by Crippen LogP contribution is 2.23. The number of amides is 2. The molecule has 1 aromatic carbocycles. The Hall–Kier alpha value is -2.57. The summed E-state index contributed by atoms with van der Waals surface area (Å²) in [6.45, 7) is 6.95. The van der Waals surface area contributed by atoms with Crippen LogP contribution in [0.1, 0.15) is 33.3 Å². The van der Waals surface area contributed by atoms with Gasteiger partial charge < -0.3 is 20.1 Å². The second kappa shape index (κ2) is 7.76. The lowest BCUT2D eigenvalue weighted by molar-refractivity contribution is -0.130. The number of alkyl carbamates (subject to hydrolysis) is 1. The van der Waals surface area contributed by atoms with Crippen molar-refractivity contribution < 1.29 is 24.2 Å². The number of hydrogen-bond acceptors (Lipinski definition) is 4. The van der Waals surface area contributed by atoms with Gasteiger partial charge in [-0.3, -0.25) is 4.79 Å². The second-order valence-corrected chi connectivity index (χ2v) is 7.62. The van der Waals surface area contributed by atoms with E-state index in [1.54, 1.807) is 27.7 Å². The van der Waals surface area contributed by atoms with Gasteiger partial charge in [0.05, 0.1) is 6.04 Å². The van der Waals surface area contributed by atoms with Gasteiger partial charge in [0.25, 0.3) is 0 Å². The Morgan fingerprint density at radius 2 is 1.88 bits per heavy atom. The number of nitrogens with one attached hydrogen (secondary N) is 1. The van der Waals surface area contributed by atoms with Crippen molar-refractivity contribution in [1.82, 2.24) is 10.2 Å². The van der Waals surface area contributed by atoms with E-state index in [9.17, 15) is 19.5 Å². The van der Waals surface area contributed by atoms with E-state index < -0.39 is 35.8 Å². The Morgan fingerprint density at radius 1 is 1.27 bits per heavy atom. The van der Waals surface area contributed by atoms with Gasteiger partial charge in [0, 0.05) is 12.5 Å². The number of Topliss-reactive ketones (excluding diaryl/α,β-unsaturated/α-hetero) is 1. The molecular weight excluding hydrogens is 336 g/mol. The van der Waals surface area contributed by atoms with Crippen molar-refractivity contribution in [2.75, 3.05) is 6.54 Å². The van der Waals surface area contributed by atoms with Crippen LogP contribution in [0.3, 0.4) is 0 Å². The molecule has 142 valence electrons. The van der Waals surface area contributed by atoms with E-state index >= 15 is 0 Å². The molecule has 1 unspecified atom stereocenters. The van der Waals surface area contributed by atoms with Crippen molar-refractivity contribution in [2.45, 2.75) is 51.8 Å². The molecule has 1 saturated heterocycles. The predicted octanol–water partition coefficient (Wildman–Crippen LogP) is 2.69. The lowest BCUT2D eigenvalue weighted by Crippen LogP contribution is -2.64. The highest BCUT2D eigenvalue weighted by molar-refractivity contribution is 5.92. The van der Waals surface area contributed by atoms with Gasteiger partial charge in [0.1, 0.15) is 11.6 Å². The minimum Gasteiger partial charge on any atom is -0.465 e. The number of ketones is 1. The van der Waals surface area contributed by atoms with E-state index in [0.717, 1.165) is 5.56 Å². The first-order chi connectivity index (χ1) is 12.1. The van der Waals surface area contributed by atoms with Crippen LogP contribution in [0.5, 0.6) is 0 Å². The monoisotopic (exact) mass is 362 g/mol. The summed E-state index contributed by atoms with van der Waals surface area (Å²) in [5.74, 6) is -0.688. The molecule has 0 bridgehead atoms. The van der Waals surface area contributed by atoms with Gasteiger partial charge in [-0.1, -0.05) is 37.3 Å². The van der Waals surface area contributed by atoms with Crippen molar-refractivity contribution in [3.05, 3.63) is 35.9 Å². The number of carbonyl (C=O) groups excluding carboxylic acids is 2. The Balaban J connectivity index is 2.29. The van der Waals surface area contributed by atoms with Crippen LogP contribution in [0.15, 0.2) is 30.3 Å². The first-order valence-corrected chi connectivity index (χ1v) is 8.65. The Bertz CT molecular complexity index is 668. The molecule has 1 fully saturated rings. The quantitative estimate of drug-likeness (QED) is 0.862. The molecule has 1 heterocycles. The molecule has 7 heteroatoms. The fourth-order valence-corrected chi connectivity index (χ4v) is 3.10. The molecule has 1 aliphatic heterocycles. The number of benzene rings is 1. The SMILES string of the molecule is C[C@H]1CN(C(=O)O)C(Cc2ccccc2)[C@@H](NC(=O)OC(C)(C)C)C1=O. The minimum atomic E-state index is -1.11. The third kappa shape index (κ3) is 4.97. The third-order valence-corrected chi connectivity index (χ3v) is 4.25. The van der Waals surface area contributed by atoms with E-state index in [1.807, 2.05) is 30.3 Å². The van der Waals surface area contributed by atoms with Gasteiger partial charge >= 0.3 is 12.2 Å². The molecule has 0 aromatic heterocycles. The summed E-state index contributed by atoms with van der Waals surface area (Å²) in [5, 5.41) is 12.2. The maximum atomic E-state index is 12.7. The standard InChI is InChI=1S/C19H26N2O5/c1-12-11-21(18(24)25)14(10-13-8-6-5-7-9-13)15(16(12)22)20-17(23)26-19(2,3)4/h5-9,12,14-15H,10-11H2,1-4H3,(H,20,23)(H,24,25)/t12-,14?,15+/m0/s1. The zero-order valence-electron chi connectivity index (χ0n) is 15.6. The predicted molar refractivity (Wildman–Crippen MR) is 96.0 cm³/mol. The maximum Gasteiger partial charge on any atom is 0.408 e. The summed E-state index contributed by atoms with van der Waals surface area (Å²) in [4.78, 5) is 37.9. The molecular formula is C19H26N2O5. The summed E-state index contributed by atoms with van der Waals surface area (Å²) < 4.78 is 5.25. The van der Waals surface area contributed by atoms with Crippen LogP contribution in [-0.4, -0.2) is 52.2 Å². The van der Waals surface area contributed by atoms with Crippen LogP contribution in [0.2, 0.25) is 0 Å². The first-order valence-electron chi connectivity index (χ1n) is 8.65. The van der Waals surface area contributed by atoms with Gasteiger partial charge in [0.15, 0.2) is 5.78 Å². The fraction of sp³-hybridized carbons (Fsp3) is 0.526. The summed E-state index contributed by atoms with van der Waals surface area (Å²) in [6, 6.07) is 7.66. The van der Waals surface area contributed by atoms with E-state index in [0.29, 0.717) is 6.42 Å². The molecule has 1 aliphatic rings. The smallest absolute Gasteiger partial charge is 0.408 e. The van der Waals surface area contributed by atoms with E-state index in [4.69, 9.17) is 4.74 Å². The molecule has 2 rings (SSSR count). The van der Waals surface area contributed by atoms with E-state index in [-0.39, 0.29) is 12.3 Å². The number of likely N-dealkylation sites (tertiary alicyclic amines) is 1. The summed E-state index contributed by atoms with van der Waals surface area (Å²) in [6.07, 6.45) is -1.51. The van der Waals surface area contributed by atoms with Crippen LogP contribution in [0, 0.1) is 5.92 Å².